The number of rotatable bonds is 6. The van der Waals surface area contributed by atoms with Crippen molar-refractivity contribution >= 4 is 45.2 Å². The fourth-order valence-electron chi connectivity index (χ4n) is 2.68. The number of aryl methyl sites for hydroxylation is 1. The number of nitrogens with zero attached hydrogens (tertiary/aromatic N) is 1. The van der Waals surface area contributed by atoms with Crippen molar-refractivity contribution < 1.29 is 9.53 Å². The normalized spacial score (nSPS) is 10.9. The van der Waals surface area contributed by atoms with Crippen LogP contribution in [-0.4, -0.2) is 5.91 Å². The molecule has 4 nitrogen and oxygen atoms in total. The average molecular weight is 482 g/mol. The molecule has 0 saturated heterocycles. The van der Waals surface area contributed by atoms with E-state index in [1.54, 1.807) is 24.3 Å². The summed E-state index contributed by atoms with van der Waals surface area (Å²) < 4.78 is 6.47. The van der Waals surface area contributed by atoms with Crippen LogP contribution in [0.4, 0.5) is 5.69 Å². The van der Waals surface area contributed by atoms with E-state index in [0.717, 1.165) is 11.1 Å². The van der Waals surface area contributed by atoms with E-state index in [9.17, 15) is 10.1 Å². The van der Waals surface area contributed by atoms with Gasteiger partial charge < -0.3 is 10.1 Å². The molecular weight excluding hydrogens is 464 g/mol. The Hall–Kier alpha value is -3.07. The van der Waals surface area contributed by atoms with Gasteiger partial charge in [0.1, 0.15) is 18.2 Å². The number of amides is 1. The third kappa shape index (κ3) is 5.73. The van der Waals surface area contributed by atoms with Gasteiger partial charge >= 0.3 is 0 Å². The van der Waals surface area contributed by atoms with E-state index in [2.05, 4.69) is 21.2 Å². The van der Waals surface area contributed by atoms with E-state index in [0.29, 0.717) is 33.1 Å². The molecule has 0 spiro atoms. The van der Waals surface area contributed by atoms with Gasteiger partial charge in [-0.3, -0.25) is 4.79 Å². The number of benzene rings is 3. The Bertz CT molecular complexity index is 1100. The maximum absolute atomic E-state index is 12.5. The van der Waals surface area contributed by atoms with Crippen molar-refractivity contribution in [2.75, 3.05) is 5.32 Å². The second kappa shape index (κ2) is 10.1. The van der Waals surface area contributed by atoms with Gasteiger partial charge in [-0.15, -0.1) is 0 Å². The number of hydrogen-bond donors (Lipinski definition) is 1. The third-order valence-corrected chi connectivity index (χ3v) is 5.10. The van der Waals surface area contributed by atoms with Gasteiger partial charge in [-0.1, -0.05) is 59.6 Å². The van der Waals surface area contributed by atoms with Crippen molar-refractivity contribution in [2.45, 2.75) is 13.5 Å². The third-order valence-electron chi connectivity index (χ3n) is 4.23. The SMILES string of the molecule is Cc1ccc(NC(=O)/C(C#N)=C\c2cc(Cl)c(OCc3ccccc3)c(Br)c2)cc1. The molecule has 1 N–H and O–H groups in total. The molecule has 0 bridgehead atoms. The van der Waals surface area contributed by atoms with Gasteiger partial charge in [0.05, 0.1) is 9.50 Å². The van der Waals surface area contributed by atoms with Gasteiger partial charge in [0.15, 0.2) is 5.75 Å². The fourth-order valence-corrected chi connectivity index (χ4v) is 3.67. The monoisotopic (exact) mass is 480 g/mol. The van der Waals surface area contributed by atoms with Gasteiger partial charge in [-0.2, -0.15) is 5.26 Å². The Labute approximate surface area is 188 Å². The number of carbonyl (C=O) groups excluding carboxylic acids is 1. The number of carbonyl (C=O) groups is 1. The molecule has 6 heteroatoms. The molecule has 1 amide bonds. The molecule has 0 aromatic heterocycles. The van der Waals surface area contributed by atoms with E-state index in [1.165, 1.54) is 6.08 Å². The minimum atomic E-state index is -0.488. The number of halogens is 2. The number of anilines is 1. The van der Waals surface area contributed by atoms with Crippen LogP contribution in [0.3, 0.4) is 0 Å². The number of nitrogens with one attached hydrogen (secondary N) is 1. The smallest absolute Gasteiger partial charge is 0.266 e. The highest BCUT2D eigenvalue weighted by Crippen LogP contribution is 2.35. The van der Waals surface area contributed by atoms with Crippen molar-refractivity contribution in [1.82, 2.24) is 0 Å². The van der Waals surface area contributed by atoms with Crippen LogP contribution in [0.15, 0.2) is 76.8 Å². The van der Waals surface area contributed by atoms with Crippen LogP contribution < -0.4 is 10.1 Å². The van der Waals surface area contributed by atoms with E-state index in [-0.39, 0.29) is 5.57 Å². The fraction of sp³-hybridized carbons (Fsp3) is 0.0833. The largest absolute Gasteiger partial charge is 0.486 e. The van der Waals surface area contributed by atoms with Gasteiger partial charge in [0, 0.05) is 5.69 Å². The van der Waals surface area contributed by atoms with Crippen LogP contribution in [0.2, 0.25) is 5.02 Å². The summed E-state index contributed by atoms with van der Waals surface area (Å²) >= 11 is 9.84. The summed E-state index contributed by atoms with van der Waals surface area (Å²) in [6.07, 6.45) is 1.49. The number of ether oxygens (including phenoxy) is 1. The molecule has 3 rings (SSSR count). The maximum atomic E-state index is 12.5. The second-order valence-corrected chi connectivity index (χ2v) is 7.84. The molecular formula is C24H18BrClN2O2. The molecule has 0 unspecified atom stereocenters. The minimum Gasteiger partial charge on any atom is -0.486 e. The molecule has 0 aliphatic heterocycles. The quantitative estimate of drug-likeness (QED) is 0.321. The molecule has 30 heavy (non-hydrogen) atoms. The molecule has 150 valence electrons. The van der Waals surface area contributed by atoms with Crippen LogP contribution in [0, 0.1) is 18.3 Å². The topological polar surface area (TPSA) is 62.1 Å². The van der Waals surface area contributed by atoms with E-state index in [4.69, 9.17) is 16.3 Å². The first-order valence-electron chi connectivity index (χ1n) is 9.12. The summed E-state index contributed by atoms with van der Waals surface area (Å²) in [5.41, 5.74) is 3.30. The molecule has 0 fully saturated rings. The van der Waals surface area contributed by atoms with E-state index >= 15 is 0 Å². The van der Waals surface area contributed by atoms with Crippen molar-refractivity contribution in [3.63, 3.8) is 0 Å². The predicted molar refractivity (Wildman–Crippen MR) is 123 cm³/mol. The van der Waals surface area contributed by atoms with Gasteiger partial charge in [0.25, 0.3) is 5.91 Å². The first-order chi connectivity index (χ1) is 14.5. The lowest BCUT2D eigenvalue weighted by Crippen LogP contribution is -2.13. The van der Waals surface area contributed by atoms with Gasteiger partial charge in [-0.25, -0.2) is 0 Å². The average Bonchev–Trinajstić information content (AvgIpc) is 2.73. The summed E-state index contributed by atoms with van der Waals surface area (Å²) in [6, 6.07) is 22.4. The van der Waals surface area contributed by atoms with Crippen LogP contribution in [0.5, 0.6) is 5.75 Å². The van der Waals surface area contributed by atoms with Crippen molar-refractivity contribution in [3.8, 4) is 11.8 Å². The second-order valence-electron chi connectivity index (χ2n) is 6.58. The van der Waals surface area contributed by atoms with Crippen LogP contribution in [0.1, 0.15) is 16.7 Å². The summed E-state index contributed by atoms with van der Waals surface area (Å²) in [6.45, 7) is 2.33. The van der Waals surface area contributed by atoms with Gasteiger partial charge in [0.2, 0.25) is 0 Å². The van der Waals surface area contributed by atoms with Crippen molar-refractivity contribution in [2.24, 2.45) is 0 Å². The lowest BCUT2D eigenvalue weighted by molar-refractivity contribution is -0.112. The predicted octanol–water partition coefficient (Wildman–Crippen LogP) is 6.54. The Morgan fingerprint density at radius 1 is 1.17 bits per heavy atom. The van der Waals surface area contributed by atoms with E-state index in [1.807, 2.05) is 55.5 Å². The maximum Gasteiger partial charge on any atom is 0.266 e. The molecule has 3 aromatic rings. The van der Waals surface area contributed by atoms with Crippen LogP contribution >= 0.6 is 27.5 Å². The molecule has 0 aliphatic rings. The zero-order valence-electron chi connectivity index (χ0n) is 16.2. The molecule has 3 aromatic carbocycles. The summed E-state index contributed by atoms with van der Waals surface area (Å²) in [5, 5.41) is 12.5. The zero-order chi connectivity index (χ0) is 21.5. The zero-order valence-corrected chi connectivity index (χ0v) is 18.5. The Morgan fingerprint density at radius 3 is 2.50 bits per heavy atom. The minimum absolute atomic E-state index is 0.0310. The lowest BCUT2D eigenvalue weighted by atomic mass is 10.1. The highest BCUT2D eigenvalue weighted by Gasteiger charge is 2.13. The highest BCUT2D eigenvalue weighted by atomic mass is 79.9. The highest BCUT2D eigenvalue weighted by molar-refractivity contribution is 9.10. The van der Waals surface area contributed by atoms with Crippen molar-refractivity contribution in [1.29, 1.82) is 5.26 Å². The Morgan fingerprint density at radius 2 is 1.87 bits per heavy atom. The van der Waals surface area contributed by atoms with E-state index < -0.39 is 5.91 Å². The summed E-state index contributed by atoms with van der Waals surface area (Å²) in [7, 11) is 0. The first kappa shape index (κ1) is 21.6. The van der Waals surface area contributed by atoms with Crippen LogP contribution in [0.25, 0.3) is 6.08 Å². The first-order valence-corrected chi connectivity index (χ1v) is 10.3. The summed E-state index contributed by atoms with van der Waals surface area (Å²) in [5.74, 6) is 0.0123. The Balaban J connectivity index is 1.76. The standard InChI is InChI=1S/C24H18BrClN2O2/c1-16-7-9-20(10-8-16)28-24(29)19(14-27)11-18-12-21(25)23(22(26)13-18)30-15-17-5-3-2-4-6-17/h2-13H,15H2,1H3,(H,28,29)/b19-11-. The molecule has 0 radical (unpaired) electrons. The number of nitriles is 1. The molecule has 0 heterocycles. The summed E-state index contributed by atoms with van der Waals surface area (Å²) in [4.78, 5) is 12.5. The molecule has 0 saturated carbocycles. The lowest BCUT2D eigenvalue weighted by Gasteiger charge is -2.11. The van der Waals surface area contributed by atoms with Gasteiger partial charge in [-0.05, 0) is 64.3 Å². The Kier molecular flexibility index (Phi) is 7.29. The van der Waals surface area contributed by atoms with Crippen molar-refractivity contribution in [3.05, 3.63) is 98.5 Å². The number of hydrogen-bond acceptors (Lipinski definition) is 3. The van der Waals surface area contributed by atoms with Crippen LogP contribution in [-0.2, 0) is 11.4 Å². The molecule has 0 atom stereocenters. The molecule has 0 aliphatic carbocycles.